The number of carbonyl (C=O) groups excluding carboxylic acids is 1. The first-order valence-electron chi connectivity index (χ1n) is 15.3. The van der Waals surface area contributed by atoms with Crippen LogP contribution in [0.2, 0.25) is 13.3 Å². The number of rotatable bonds is 11. The molecule has 0 unspecified atom stereocenters. The molecule has 0 aliphatic carbocycles. The van der Waals surface area contributed by atoms with Crippen LogP contribution in [-0.4, -0.2) is 39.1 Å². The zero-order chi connectivity index (χ0) is 32.0. The first kappa shape index (κ1) is 49.8. The molecule has 2 aromatic carbocycles. The van der Waals surface area contributed by atoms with E-state index in [1.165, 1.54) is 60.1 Å². The van der Waals surface area contributed by atoms with Crippen LogP contribution in [0.25, 0.3) is 20.4 Å². The summed E-state index contributed by atoms with van der Waals surface area (Å²) in [4.78, 5) is 21.0. The minimum absolute atomic E-state index is 0. The average Bonchev–Trinajstić information content (AvgIpc) is 3.68. The molecule has 4 aromatic rings. The van der Waals surface area contributed by atoms with Crippen LogP contribution in [0, 0.1) is 17.9 Å². The molecule has 2 radical (unpaired) electrons. The molecule has 0 spiro atoms. The van der Waals surface area contributed by atoms with Gasteiger partial charge < -0.3 is 9.97 Å². The van der Waals surface area contributed by atoms with E-state index in [1.807, 2.05) is 30.9 Å². The molecular weight excluding hydrogens is 952 g/mol. The number of unbranched alkanes of at least 4 members (excludes halogenated alkanes) is 3. The smallest absolute Gasteiger partial charge is 0.158 e. The van der Waals surface area contributed by atoms with Gasteiger partial charge in [0, 0.05) is 71.0 Å². The van der Waals surface area contributed by atoms with Crippen molar-refractivity contribution in [2.75, 3.05) is 4.93 Å². The number of hydrogen-bond acceptors (Lipinski definition) is 5. The van der Waals surface area contributed by atoms with Crippen molar-refractivity contribution in [1.82, 2.24) is 9.97 Å². The number of benzene rings is 2. The minimum atomic E-state index is -1.94. The number of fused-ring (bicyclic) bond motifs is 2. The first-order valence-corrected chi connectivity index (χ1v) is 26.6. The van der Waals surface area contributed by atoms with Crippen molar-refractivity contribution in [3.05, 3.63) is 68.7 Å². The molecule has 0 aliphatic rings. The summed E-state index contributed by atoms with van der Waals surface area (Å²) in [5.41, 5.74) is 9.52. The Bertz CT molecular complexity index is 1270. The number of aromatic nitrogens is 2. The second kappa shape index (κ2) is 30.4. The van der Waals surface area contributed by atoms with Gasteiger partial charge in [0.2, 0.25) is 0 Å². The van der Waals surface area contributed by atoms with Gasteiger partial charge in [0.1, 0.15) is 0 Å². The Morgan fingerprint density at radius 2 is 1.20 bits per heavy atom. The van der Waals surface area contributed by atoms with Crippen LogP contribution in [0.15, 0.2) is 46.6 Å². The van der Waals surface area contributed by atoms with E-state index in [9.17, 15) is 4.79 Å². The molecule has 240 valence electrons. The molecule has 0 atom stereocenters. The number of halogens is 1. The van der Waals surface area contributed by atoms with Crippen molar-refractivity contribution >= 4 is 89.9 Å². The molecule has 4 rings (SSSR count). The monoisotopic (exact) mass is 1010 g/mol. The fourth-order valence-electron chi connectivity index (χ4n) is 4.51. The van der Waals surface area contributed by atoms with E-state index in [4.69, 9.17) is 0 Å². The number of ketones is 1. The summed E-state index contributed by atoms with van der Waals surface area (Å²) in [5, 5.41) is 0. The zero-order valence-corrected chi connectivity index (χ0v) is 41.0. The van der Waals surface area contributed by atoms with Crippen molar-refractivity contribution < 1.29 is 70.2 Å². The van der Waals surface area contributed by atoms with E-state index in [1.54, 1.807) is 41.2 Å². The summed E-state index contributed by atoms with van der Waals surface area (Å²) in [6, 6.07) is 11.8. The topological polar surface area (TPSA) is 42.9 Å². The molecule has 0 fully saturated rings. The van der Waals surface area contributed by atoms with Gasteiger partial charge in [-0.05, 0) is 29.8 Å². The summed E-state index contributed by atoms with van der Waals surface area (Å²) in [5.74, 6) is 0.0740. The Hall–Kier alpha value is 1.37. The molecule has 0 amide bonds. The van der Waals surface area contributed by atoms with Crippen LogP contribution < -0.4 is 0 Å². The van der Waals surface area contributed by atoms with E-state index >= 15 is 0 Å². The summed E-state index contributed by atoms with van der Waals surface area (Å²) in [6.45, 7) is 21.3. The number of thiazole rings is 2. The molecule has 2 heterocycles. The molecule has 9 heteroatoms. The van der Waals surface area contributed by atoms with Gasteiger partial charge in [0.15, 0.2) is 5.78 Å². The van der Waals surface area contributed by atoms with Crippen molar-refractivity contribution in [2.45, 2.75) is 107 Å². The van der Waals surface area contributed by atoms with E-state index in [2.05, 4.69) is 103 Å². The maximum atomic E-state index is 11.0. The van der Waals surface area contributed by atoms with E-state index in [0.717, 1.165) is 15.7 Å². The molecule has 44 heavy (non-hydrogen) atoms. The zero-order valence-electron chi connectivity index (χ0n) is 28.7. The fraction of sp³-hybridized carbons (Fsp3) is 0.514. The normalized spacial score (nSPS) is 9.77. The van der Waals surface area contributed by atoms with Crippen LogP contribution in [0.3, 0.4) is 0 Å². The minimum Gasteiger partial charge on any atom is -0.386 e. The Kier molecular flexibility index (Phi) is 34.4. The molecule has 2 aromatic heterocycles. The number of nitrogens with zero attached hydrogens (tertiary/aromatic N) is 2. The number of Topliss-reactive ketones (excluding diaryl/α,β-unsaturated/α-hetero) is 1. The van der Waals surface area contributed by atoms with E-state index in [-0.39, 0.29) is 71.2 Å². The SMILES string of the molecule is C=[C](C)[Sn]([CH2]CCC)([CH2]CCC)[CH2]CCC.CC.CC(=O)c1ccc2s[c-]nc2c1.CI.Cc1ccc2s[c-]nc2c1.[Y].[Y]. The molecule has 0 saturated heterocycles. The summed E-state index contributed by atoms with van der Waals surface area (Å²) in [6.07, 6.45) is 8.46. The summed E-state index contributed by atoms with van der Waals surface area (Å²) in [7, 11) is 0. The van der Waals surface area contributed by atoms with Crippen LogP contribution >= 0.6 is 45.3 Å². The Morgan fingerprint density at radius 3 is 1.59 bits per heavy atom. The number of allylic oxidation sites excluding steroid dienone is 1. The van der Waals surface area contributed by atoms with Crippen molar-refractivity contribution in [1.29, 1.82) is 0 Å². The van der Waals surface area contributed by atoms with Crippen molar-refractivity contribution in [2.24, 2.45) is 0 Å². The van der Waals surface area contributed by atoms with Gasteiger partial charge >= 0.3 is 108 Å². The summed E-state index contributed by atoms with van der Waals surface area (Å²) < 4.78 is 8.64. The quantitative estimate of drug-likeness (QED) is 0.0494. The van der Waals surface area contributed by atoms with Gasteiger partial charge in [0.25, 0.3) is 0 Å². The second-order valence-corrected chi connectivity index (χ2v) is 25.9. The molecule has 3 nitrogen and oxygen atoms in total. The predicted molar refractivity (Wildman–Crippen MR) is 203 cm³/mol. The van der Waals surface area contributed by atoms with Gasteiger partial charge in [-0.2, -0.15) is 0 Å². The Labute approximate surface area is 345 Å². The number of aryl methyl sites for hydroxylation is 1. The van der Waals surface area contributed by atoms with Crippen LogP contribution in [0.4, 0.5) is 0 Å². The van der Waals surface area contributed by atoms with Gasteiger partial charge in [-0.3, -0.25) is 27.5 Å². The van der Waals surface area contributed by atoms with E-state index in [0.29, 0.717) is 5.56 Å². The van der Waals surface area contributed by atoms with E-state index < -0.39 is 18.4 Å². The van der Waals surface area contributed by atoms with Gasteiger partial charge in [0.05, 0.1) is 0 Å². The fourth-order valence-corrected chi connectivity index (χ4v) is 20.3. The average molecular weight is 1010 g/mol. The predicted octanol–water partition coefficient (Wildman–Crippen LogP) is 12.7. The summed E-state index contributed by atoms with van der Waals surface area (Å²) >= 11 is 3.23. The van der Waals surface area contributed by atoms with Gasteiger partial charge in [-0.15, -0.1) is 27.6 Å². The Morgan fingerprint density at radius 1 is 0.795 bits per heavy atom. The van der Waals surface area contributed by atoms with Gasteiger partial charge in [-0.25, -0.2) is 0 Å². The van der Waals surface area contributed by atoms with Crippen molar-refractivity contribution in [3.63, 3.8) is 0 Å². The molecule has 0 aliphatic heterocycles. The maximum Gasteiger partial charge on any atom is 0.158 e. The Balaban J connectivity index is -0.000000538. The maximum absolute atomic E-state index is 11.0. The largest absolute Gasteiger partial charge is 0.386 e. The van der Waals surface area contributed by atoms with Crippen LogP contribution in [0.1, 0.15) is 103 Å². The third-order valence-electron chi connectivity index (χ3n) is 7.06. The third kappa shape index (κ3) is 18.8. The number of hydrogen-bond donors (Lipinski definition) is 0. The standard InChI is InChI=1S/C9H6NOS.C8H6NS.3C4H9.C3H5.C2H6.CH3I.Sn.2Y/c1-6(11)7-2-3-9-8(4-7)10-5-12-9;1-6-2-3-8-7(4-6)9-5-10-8;3*1-3-4-2;1-3-2;2*1-2;;;/h2-4H,1H3;2-4H,1H3;3*1,3-4H2,2H3;1H2,2H3;1-2H3;1H3;;;/q2*-1;;;;;;;;;. The van der Waals surface area contributed by atoms with Gasteiger partial charge in [-0.1, -0.05) is 71.2 Å². The third-order valence-corrected chi connectivity index (χ3v) is 24.9. The first-order chi connectivity index (χ1) is 20.3. The molecular formula is C35H53IN2OS2SnY2-2. The van der Waals surface area contributed by atoms with Crippen LogP contribution in [0.5, 0.6) is 0 Å². The van der Waals surface area contributed by atoms with Crippen molar-refractivity contribution in [3.8, 4) is 0 Å². The number of carbonyl (C=O) groups is 1. The molecule has 0 N–H and O–H groups in total. The second-order valence-electron chi connectivity index (χ2n) is 10.2. The molecule has 0 bridgehead atoms. The number of alkyl halides is 1. The molecule has 0 saturated carbocycles. The van der Waals surface area contributed by atoms with Crippen LogP contribution in [-0.2, 0) is 65.4 Å².